The Bertz CT molecular complexity index is 207. The molecule has 1 heterocycles. The number of nitrogens with zero attached hydrogens (tertiary/aromatic N) is 1. The van der Waals surface area contributed by atoms with E-state index in [9.17, 15) is 0 Å². The monoisotopic (exact) mass is 240 g/mol. The van der Waals surface area contributed by atoms with Gasteiger partial charge in [-0.1, -0.05) is 20.3 Å². The zero-order valence-corrected chi connectivity index (χ0v) is 12.6. The Morgan fingerprint density at radius 3 is 2.65 bits per heavy atom. The van der Waals surface area contributed by atoms with E-state index in [-0.39, 0.29) is 5.54 Å². The van der Waals surface area contributed by atoms with Crippen LogP contribution < -0.4 is 5.32 Å². The highest BCUT2D eigenvalue weighted by Gasteiger charge is 2.20. The van der Waals surface area contributed by atoms with Crippen molar-refractivity contribution in [3.05, 3.63) is 0 Å². The zero-order valence-electron chi connectivity index (χ0n) is 12.6. The van der Waals surface area contributed by atoms with Crippen molar-refractivity contribution in [3.8, 4) is 0 Å². The summed E-state index contributed by atoms with van der Waals surface area (Å²) in [5.74, 6) is 1.70. The Morgan fingerprint density at radius 2 is 2.06 bits per heavy atom. The molecular weight excluding hydrogens is 208 g/mol. The second-order valence-electron chi connectivity index (χ2n) is 6.91. The molecule has 0 bridgehead atoms. The molecule has 17 heavy (non-hydrogen) atoms. The van der Waals surface area contributed by atoms with Crippen LogP contribution in [0.5, 0.6) is 0 Å². The van der Waals surface area contributed by atoms with E-state index < -0.39 is 0 Å². The van der Waals surface area contributed by atoms with Crippen LogP contribution in [-0.2, 0) is 0 Å². The lowest BCUT2D eigenvalue weighted by atomic mass is 9.95. The van der Waals surface area contributed by atoms with Crippen molar-refractivity contribution in [3.63, 3.8) is 0 Å². The topological polar surface area (TPSA) is 15.3 Å². The highest BCUT2D eigenvalue weighted by Crippen LogP contribution is 2.19. The van der Waals surface area contributed by atoms with Gasteiger partial charge in [0.15, 0.2) is 0 Å². The summed E-state index contributed by atoms with van der Waals surface area (Å²) in [4.78, 5) is 2.67. The van der Waals surface area contributed by atoms with E-state index in [1.165, 1.54) is 38.9 Å². The Kier molecular flexibility index (Phi) is 5.94. The van der Waals surface area contributed by atoms with Crippen LogP contribution >= 0.6 is 0 Å². The summed E-state index contributed by atoms with van der Waals surface area (Å²) in [6.45, 7) is 16.5. The lowest BCUT2D eigenvalue weighted by Gasteiger charge is -2.34. The van der Waals surface area contributed by atoms with Crippen LogP contribution in [0.4, 0.5) is 0 Å². The fourth-order valence-electron chi connectivity index (χ4n) is 2.64. The maximum absolute atomic E-state index is 3.61. The fourth-order valence-corrected chi connectivity index (χ4v) is 2.64. The van der Waals surface area contributed by atoms with Crippen molar-refractivity contribution in [2.24, 2.45) is 11.8 Å². The molecule has 0 aromatic carbocycles. The molecule has 0 aromatic rings. The molecule has 1 aliphatic heterocycles. The van der Waals surface area contributed by atoms with Gasteiger partial charge in [0.1, 0.15) is 0 Å². The minimum atomic E-state index is 0.252. The van der Waals surface area contributed by atoms with Crippen LogP contribution in [0.25, 0.3) is 0 Å². The van der Waals surface area contributed by atoms with Crippen molar-refractivity contribution in [2.45, 2.75) is 59.4 Å². The quantitative estimate of drug-likeness (QED) is 0.794. The van der Waals surface area contributed by atoms with Crippen LogP contribution in [0.2, 0.25) is 0 Å². The van der Waals surface area contributed by atoms with Gasteiger partial charge < -0.3 is 10.2 Å². The van der Waals surface area contributed by atoms with Gasteiger partial charge in [-0.25, -0.2) is 0 Å². The van der Waals surface area contributed by atoms with Crippen LogP contribution in [0.1, 0.15) is 53.9 Å². The largest absolute Gasteiger partial charge is 0.312 e. The maximum atomic E-state index is 3.61. The molecule has 2 nitrogen and oxygen atoms in total. The number of hydrogen-bond donors (Lipinski definition) is 1. The van der Waals surface area contributed by atoms with E-state index in [4.69, 9.17) is 0 Å². The van der Waals surface area contributed by atoms with E-state index in [1.807, 2.05) is 0 Å². The van der Waals surface area contributed by atoms with Gasteiger partial charge in [-0.15, -0.1) is 0 Å². The standard InChI is InChI=1S/C15H32N2/c1-6-14-8-7-9-17(12-14)11-13(2)10-16-15(3,4)5/h13-14,16H,6-12H2,1-5H3. The van der Waals surface area contributed by atoms with Crippen molar-refractivity contribution in [1.82, 2.24) is 10.2 Å². The van der Waals surface area contributed by atoms with Crippen molar-refractivity contribution < 1.29 is 0 Å². The average molecular weight is 240 g/mol. The molecule has 1 aliphatic rings. The van der Waals surface area contributed by atoms with Gasteiger partial charge in [0.25, 0.3) is 0 Å². The molecule has 0 radical (unpaired) electrons. The third-order valence-corrected chi connectivity index (χ3v) is 3.73. The SMILES string of the molecule is CCC1CCCN(CC(C)CNC(C)(C)C)C1. The van der Waals surface area contributed by atoms with Gasteiger partial charge in [0, 0.05) is 18.6 Å². The molecule has 0 saturated carbocycles. The van der Waals surface area contributed by atoms with E-state index in [0.29, 0.717) is 0 Å². The number of nitrogens with one attached hydrogen (secondary N) is 1. The summed E-state index contributed by atoms with van der Waals surface area (Å²) >= 11 is 0. The van der Waals surface area contributed by atoms with Gasteiger partial charge in [0.2, 0.25) is 0 Å². The molecule has 0 spiro atoms. The summed E-state index contributed by atoms with van der Waals surface area (Å²) in [6, 6.07) is 0. The molecule has 1 saturated heterocycles. The van der Waals surface area contributed by atoms with Crippen LogP contribution in [0.15, 0.2) is 0 Å². The van der Waals surface area contributed by atoms with Gasteiger partial charge in [-0.05, 0) is 58.5 Å². The predicted molar refractivity (Wildman–Crippen MR) is 76.4 cm³/mol. The molecule has 0 aliphatic carbocycles. The third kappa shape index (κ3) is 6.42. The minimum absolute atomic E-state index is 0.252. The maximum Gasteiger partial charge on any atom is 0.00966 e. The summed E-state index contributed by atoms with van der Waals surface area (Å²) in [5, 5.41) is 3.61. The molecule has 1 rings (SSSR count). The lowest BCUT2D eigenvalue weighted by molar-refractivity contribution is 0.149. The summed E-state index contributed by atoms with van der Waals surface area (Å²) in [7, 11) is 0. The third-order valence-electron chi connectivity index (χ3n) is 3.73. The molecule has 1 N–H and O–H groups in total. The first-order valence-corrected chi connectivity index (χ1v) is 7.38. The van der Waals surface area contributed by atoms with Crippen molar-refractivity contribution in [1.29, 1.82) is 0 Å². The van der Waals surface area contributed by atoms with Crippen molar-refractivity contribution in [2.75, 3.05) is 26.2 Å². The molecule has 0 amide bonds. The van der Waals surface area contributed by atoms with E-state index in [2.05, 4.69) is 44.8 Å². The van der Waals surface area contributed by atoms with E-state index in [0.717, 1.165) is 18.4 Å². The number of likely N-dealkylation sites (tertiary alicyclic amines) is 1. The average Bonchev–Trinajstić information content (AvgIpc) is 2.26. The number of rotatable bonds is 5. The van der Waals surface area contributed by atoms with Gasteiger partial charge in [-0.2, -0.15) is 0 Å². The Hall–Kier alpha value is -0.0800. The van der Waals surface area contributed by atoms with E-state index in [1.54, 1.807) is 0 Å². The fraction of sp³-hybridized carbons (Fsp3) is 1.00. The highest BCUT2D eigenvalue weighted by atomic mass is 15.1. The molecule has 2 unspecified atom stereocenters. The van der Waals surface area contributed by atoms with Crippen LogP contribution in [0, 0.1) is 11.8 Å². The second-order valence-corrected chi connectivity index (χ2v) is 6.91. The summed E-state index contributed by atoms with van der Waals surface area (Å²) in [6.07, 6.45) is 4.20. The Morgan fingerprint density at radius 1 is 1.35 bits per heavy atom. The minimum Gasteiger partial charge on any atom is -0.312 e. The zero-order chi connectivity index (χ0) is 12.9. The molecule has 0 aromatic heterocycles. The molecule has 2 heteroatoms. The van der Waals surface area contributed by atoms with Gasteiger partial charge in [0.05, 0.1) is 0 Å². The second kappa shape index (κ2) is 6.75. The van der Waals surface area contributed by atoms with Crippen LogP contribution in [0.3, 0.4) is 0 Å². The molecule has 2 atom stereocenters. The smallest absolute Gasteiger partial charge is 0.00966 e. The van der Waals surface area contributed by atoms with E-state index >= 15 is 0 Å². The number of piperidine rings is 1. The molecular formula is C15H32N2. The van der Waals surface area contributed by atoms with Crippen LogP contribution in [-0.4, -0.2) is 36.6 Å². The molecule has 102 valence electrons. The Labute approximate surface area is 108 Å². The Balaban J connectivity index is 2.23. The predicted octanol–water partition coefficient (Wildman–Crippen LogP) is 3.13. The number of hydrogen-bond acceptors (Lipinski definition) is 2. The van der Waals surface area contributed by atoms with Gasteiger partial charge >= 0.3 is 0 Å². The summed E-state index contributed by atoms with van der Waals surface area (Å²) < 4.78 is 0. The first kappa shape index (κ1) is 15.0. The molecule has 1 fully saturated rings. The first-order valence-electron chi connectivity index (χ1n) is 7.38. The first-order chi connectivity index (χ1) is 7.90. The van der Waals surface area contributed by atoms with Gasteiger partial charge in [-0.3, -0.25) is 0 Å². The van der Waals surface area contributed by atoms with Crippen molar-refractivity contribution >= 4 is 0 Å². The lowest BCUT2D eigenvalue weighted by Crippen LogP contribution is -2.43. The highest BCUT2D eigenvalue weighted by molar-refractivity contribution is 4.76. The normalized spacial score (nSPS) is 24.9. The summed E-state index contributed by atoms with van der Waals surface area (Å²) in [5.41, 5.74) is 0.252.